The Labute approximate surface area is 482 Å². The van der Waals surface area contributed by atoms with Gasteiger partial charge >= 0.3 is 0 Å². The molecular formula is C68H137N2O6P. The highest BCUT2D eigenvalue weighted by Crippen LogP contribution is 2.38. The van der Waals surface area contributed by atoms with Crippen molar-refractivity contribution in [3.05, 3.63) is 12.2 Å². The summed E-state index contributed by atoms with van der Waals surface area (Å²) in [5.74, 6) is -0.187. The fourth-order valence-corrected chi connectivity index (χ4v) is 11.6. The first kappa shape index (κ1) is 76.2. The number of nitrogens with one attached hydrogen (secondary N) is 1. The van der Waals surface area contributed by atoms with E-state index in [2.05, 4.69) is 19.2 Å². The Morgan fingerprint density at radius 2 is 0.701 bits per heavy atom. The molecular weight excluding hydrogens is 972 g/mol. The number of aliphatic hydroxyl groups is 1. The van der Waals surface area contributed by atoms with Crippen LogP contribution in [0, 0.1) is 0 Å². The Morgan fingerprint density at radius 1 is 0.442 bits per heavy atom. The molecule has 0 radical (unpaired) electrons. The molecule has 0 saturated heterocycles. The van der Waals surface area contributed by atoms with Crippen molar-refractivity contribution in [2.24, 2.45) is 0 Å². The van der Waals surface area contributed by atoms with E-state index in [0.717, 1.165) is 38.5 Å². The minimum Gasteiger partial charge on any atom is -0.756 e. The number of aliphatic hydroxyl groups excluding tert-OH is 1. The highest BCUT2D eigenvalue weighted by atomic mass is 31.2. The van der Waals surface area contributed by atoms with Gasteiger partial charge < -0.3 is 28.8 Å². The van der Waals surface area contributed by atoms with Crippen LogP contribution >= 0.6 is 7.82 Å². The number of hydrogen-bond donors (Lipinski definition) is 2. The Balaban J connectivity index is 4.04. The molecule has 0 heterocycles. The number of rotatable bonds is 65. The van der Waals surface area contributed by atoms with Crippen molar-refractivity contribution >= 4 is 13.7 Å². The van der Waals surface area contributed by atoms with Gasteiger partial charge in [0.05, 0.1) is 39.9 Å². The molecule has 9 heteroatoms. The van der Waals surface area contributed by atoms with E-state index in [1.54, 1.807) is 6.08 Å². The molecule has 0 saturated carbocycles. The topological polar surface area (TPSA) is 108 Å². The number of hydrogen-bond acceptors (Lipinski definition) is 6. The van der Waals surface area contributed by atoms with E-state index in [0.29, 0.717) is 17.4 Å². The standard InChI is InChI=1S/C68H137N2O6P/c1-6-8-10-12-14-16-18-20-22-24-26-28-30-32-33-34-35-36-38-39-41-43-45-47-49-51-53-55-57-59-61-67(71)66(65-76-77(73,74)75-64-63-70(3,4)5)69-68(72)62-60-58-56-54-52-50-48-46-44-42-40-37-31-29-27-25-23-21-19-17-15-13-11-9-7-2/h59,61,66-67,71H,6-58,60,62-65H2,1-5H3,(H-,69,72,73,74)/b61-59+. The molecule has 0 aliphatic rings. The third kappa shape index (κ3) is 62.7. The number of unbranched alkanes of at least 4 members (excludes halogenated alkanes) is 52. The van der Waals surface area contributed by atoms with E-state index >= 15 is 0 Å². The molecule has 0 aliphatic carbocycles. The molecule has 8 nitrogen and oxygen atoms in total. The van der Waals surface area contributed by atoms with Gasteiger partial charge in [-0.05, 0) is 19.3 Å². The first-order valence-corrected chi connectivity index (χ1v) is 36.0. The number of phosphoric ester groups is 1. The van der Waals surface area contributed by atoms with Gasteiger partial charge in [-0.15, -0.1) is 0 Å². The second kappa shape index (κ2) is 59.8. The summed E-state index contributed by atoms with van der Waals surface area (Å²) in [4.78, 5) is 25.6. The molecule has 3 unspecified atom stereocenters. The van der Waals surface area contributed by atoms with Crippen LogP contribution in [0.2, 0.25) is 0 Å². The fourth-order valence-electron chi connectivity index (χ4n) is 10.9. The van der Waals surface area contributed by atoms with Crippen molar-refractivity contribution in [1.29, 1.82) is 0 Å². The number of allylic oxidation sites excluding steroid dienone is 1. The number of nitrogens with zero attached hydrogens (tertiary/aromatic N) is 1. The van der Waals surface area contributed by atoms with Gasteiger partial charge in [0, 0.05) is 6.42 Å². The van der Waals surface area contributed by atoms with Gasteiger partial charge in [0.2, 0.25) is 5.91 Å². The number of likely N-dealkylation sites (N-methyl/N-ethyl adjacent to an activating group) is 1. The Hall–Kier alpha value is -0.760. The summed E-state index contributed by atoms with van der Waals surface area (Å²) in [5, 5.41) is 14.0. The van der Waals surface area contributed by atoms with Crippen molar-refractivity contribution in [2.45, 2.75) is 379 Å². The predicted molar refractivity (Wildman–Crippen MR) is 335 cm³/mol. The number of quaternary nitrogens is 1. The van der Waals surface area contributed by atoms with Crippen LogP contribution in [0.5, 0.6) is 0 Å². The Bertz CT molecular complexity index is 1260. The van der Waals surface area contributed by atoms with Gasteiger partial charge in [0.1, 0.15) is 13.2 Å². The molecule has 1 amide bonds. The van der Waals surface area contributed by atoms with Crippen molar-refractivity contribution in [3.8, 4) is 0 Å². The smallest absolute Gasteiger partial charge is 0.268 e. The summed E-state index contributed by atoms with van der Waals surface area (Å²) >= 11 is 0. The monoisotopic (exact) mass is 1110 g/mol. The molecule has 0 aromatic heterocycles. The van der Waals surface area contributed by atoms with Crippen LogP contribution in [0.25, 0.3) is 0 Å². The van der Waals surface area contributed by atoms with Gasteiger partial charge in [0.15, 0.2) is 0 Å². The van der Waals surface area contributed by atoms with Crippen LogP contribution in [-0.4, -0.2) is 68.5 Å². The minimum atomic E-state index is -4.60. The third-order valence-electron chi connectivity index (χ3n) is 16.2. The third-order valence-corrected chi connectivity index (χ3v) is 17.2. The summed E-state index contributed by atoms with van der Waals surface area (Å²) in [7, 11) is 1.28. The summed E-state index contributed by atoms with van der Waals surface area (Å²) in [5.41, 5.74) is 0. The van der Waals surface area contributed by atoms with Gasteiger partial charge in [-0.2, -0.15) is 0 Å². The van der Waals surface area contributed by atoms with Crippen LogP contribution in [0.1, 0.15) is 367 Å². The Morgan fingerprint density at radius 3 is 0.974 bits per heavy atom. The SMILES string of the molecule is CCCCCCCCCCCCCCCCCCCCCCCCCCCCCC/C=C/C(O)C(COP(=O)([O-])OCC[N+](C)(C)C)NC(=O)CCCCCCCCCCCCCCCCCCCCCCCCCCC. The lowest BCUT2D eigenvalue weighted by molar-refractivity contribution is -0.870. The predicted octanol–water partition coefficient (Wildman–Crippen LogP) is 21.1. The molecule has 0 spiro atoms. The lowest BCUT2D eigenvalue weighted by Gasteiger charge is -2.29. The largest absolute Gasteiger partial charge is 0.756 e. The van der Waals surface area contributed by atoms with Crippen LogP contribution in [0.4, 0.5) is 0 Å². The second-order valence-electron chi connectivity index (χ2n) is 25.3. The maximum Gasteiger partial charge on any atom is 0.268 e. The van der Waals surface area contributed by atoms with Gasteiger partial charge in [-0.25, -0.2) is 0 Å². The first-order chi connectivity index (χ1) is 37.5. The molecule has 3 atom stereocenters. The Kier molecular flexibility index (Phi) is 59.3. The molecule has 0 aliphatic heterocycles. The lowest BCUT2D eigenvalue weighted by Crippen LogP contribution is -2.45. The molecule has 460 valence electrons. The highest BCUT2D eigenvalue weighted by Gasteiger charge is 2.23. The van der Waals surface area contributed by atoms with Crippen LogP contribution < -0.4 is 10.2 Å². The fraction of sp³-hybridized carbons (Fsp3) is 0.956. The van der Waals surface area contributed by atoms with Crippen molar-refractivity contribution in [2.75, 3.05) is 40.9 Å². The summed E-state index contributed by atoms with van der Waals surface area (Å²) in [6.45, 7) is 4.72. The molecule has 0 aromatic rings. The second-order valence-corrected chi connectivity index (χ2v) is 26.7. The van der Waals surface area contributed by atoms with Crippen LogP contribution in [0.3, 0.4) is 0 Å². The van der Waals surface area contributed by atoms with Crippen molar-refractivity contribution in [1.82, 2.24) is 5.32 Å². The van der Waals surface area contributed by atoms with E-state index in [4.69, 9.17) is 9.05 Å². The average Bonchev–Trinajstić information content (AvgIpc) is 3.39. The molecule has 77 heavy (non-hydrogen) atoms. The van der Waals surface area contributed by atoms with E-state index in [9.17, 15) is 19.4 Å². The zero-order valence-corrected chi connectivity index (χ0v) is 53.6. The van der Waals surface area contributed by atoms with E-state index < -0.39 is 20.0 Å². The van der Waals surface area contributed by atoms with E-state index in [1.807, 2.05) is 27.2 Å². The van der Waals surface area contributed by atoms with Crippen LogP contribution in [-0.2, 0) is 18.4 Å². The van der Waals surface area contributed by atoms with E-state index in [1.165, 1.54) is 308 Å². The summed E-state index contributed by atoms with van der Waals surface area (Å²) < 4.78 is 23.5. The van der Waals surface area contributed by atoms with Crippen molar-refractivity contribution in [3.63, 3.8) is 0 Å². The summed E-state index contributed by atoms with van der Waals surface area (Å²) in [6.07, 6.45) is 76.2. The van der Waals surface area contributed by atoms with Gasteiger partial charge in [0.25, 0.3) is 7.82 Å². The number of carbonyl (C=O) groups is 1. The molecule has 2 N–H and O–H groups in total. The van der Waals surface area contributed by atoms with Crippen molar-refractivity contribution < 1.29 is 32.9 Å². The first-order valence-electron chi connectivity index (χ1n) is 34.6. The quantitative estimate of drug-likeness (QED) is 0.0272. The lowest BCUT2D eigenvalue weighted by atomic mass is 10.0. The van der Waals surface area contributed by atoms with Gasteiger partial charge in [-0.1, -0.05) is 353 Å². The van der Waals surface area contributed by atoms with Gasteiger partial charge in [-0.3, -0.25) is 9.36 Å². The average molecular weight is 1110 g/mol. The summed E-state index contributed by atoms with van der Waals surface area (Å²) in [6, 6.07) is -0.883. The zero-order valence-electron chi connectivity index (χ0n) is 52.7. The van der Waals surface area contributed by atoms with Crippen LogP contribution in [0.15, 0.2) is 12.2 Å². The molecule has 0 fully saturated rings. The maximum absolute atomic E-state index is 13.0. The molecule has 0 bridgehead atoms. The minimum absolute atomic E-state index is 0.00299. The number of amides is 1. The molecule has 0 rings (SSSR count). The number of carbonyl (C=O) groups excluding carboxylic acids is 1. The normalized spacial score (nSPS) is 13.7. The number of phosphoric acid groups is 1. The maximum atomic E-state index is 13.0. The zero-order chi connectivity index (χ0) is 56.3. The van der Waals surface area contributed by atoms with E-state index in [-0.39, 0.29) is 19.1 Å². The molecule has 0 aromatic carbocycles. The highest BCUT2D eigenvalue weighted by molar-refractivity contribution is 7.45.